The molecule has 2 rings (SSSR count). The molecule has 0 aliphatic rings. The van der Waals surface area contributed by atoms with Gasteiger partial charge >= 0.3 is 0 Å². The van der Waals surface area contributed by atoms with Crippen molar-refractivity contribution in [3.63, 3.8) is 0 Å². The molecule has 2 aromatic carbocycles. The Balaban J connectivity index is 2.47. The number of aryl methyl sites for hydroxylation is 1. The van der Waals surface area contributed by atoms with Crippen LogP contribution in [-0.2, 0) is 6.42 Å². The van der Waals surface area contributed by atoms with E-state index in [-0.39, 0.29) is 6.04 Å². The molecule has 0 saturated heterocycles. The number of hydrogen-bond donors (Lipinski definition) is 2. The van der Waals surface area contributed by atoms with Gasteiger partial charge in [0.1, 0.15) is 5.75 Å². The highest BCUT2D eigenvalue weighted by Crippen LogP contribution is 2.31. The van der Waals surface area contributed by atoms with Crippen molar-refractivity contribution in [2.24, 2.45) is 5.84 Å². The number of para-hydroxylation sites is 1. The average Bonchev–Trinajstić information content (AvgIpc) is 2.50. The molecule has 3 nitrogen and oxygen atoms in total. The highest BCUT2D eigenvalue weighted by Gasteiger charge is 2.18. The molecule has 0 aliphatic heterocycles. The second-order valence-corrected chi connectivity index (χ2v) is 4.62. The predicted octanol–water partition coefficient (Wildman–Crippen LogP) is 3.20. The first-order valence-electron chi connectivity index (χ1n) is 7.07. The van der Waals surface area contributed by atoms with Crippen LogP contribution in [0.1, 0.15) is 36.6 Å². The van der Waals surface area contributed by atoms with E-state index in [1.165, 1.54) is 11.1 Å². The summed E-state index contributed by atoms with van der Waals surface area (Å²) in [5.41, 5.74) is 6.49. The third kappa shape index (κ3) is 3.00. The van der Waals surface area contributed by atoms with E-state index in [0.29, 0.717) is 6.61 Å². The van der Waals surface area contributed by atoms with Crippen molar-refractivity contribution in [1.29, 1.82) is 0 Å². The van der Waals surface area contributed by atoms with Crippen LogP contribution in [0.2, 0.25) is 0 Å². The van der Waals surface area contributed by atoms with Gasteiger partial charge in [-0.05, 0) is 30.5 Å². The quantitative estimate of drug-likeness (QED) is 0.626. The van der Waals surface area contributed by atoms with Crippen molar-refractivity contribution in [2.45, 2.75) is 26.3 Å². The normalized spacial score (nSPS) is 12.2. The van der Waals surface area contributed by atoms with Crippen LogP contribution in [0.5, 0.6) is 5.75 Å². The van der Waals surface area contributed by atoms with Crippen LogP contribution in [0, 0.1) is 0 Å². The SMILES string of the molecule is CCOc1ccccc1C(NN)c1ccccc1CC. The van der Waals surface area contributed by atoms with Crippen LogP contribution in [0.4, 0.5) is 0 Å². The molecule has 0 aromatic heterocycles. The zero-order valence-corrected chi connectivity index (χ0v) is 12.1. The summed E-state index contributed by atoms with van der Waals surface area (Å²) in [4.78, 5) is 0. The summed E-state index contributed by atoms with van der Waals surface area (Å²) in [7, 11) is 0. The molecule has 0 radical (unpaired) electrons. The summed E-state index contributed by atoms with van der Waals surface area (Å²) in [6, 6.07) is 16.3. The molecular weight excluding hydrogens is 248 g/mol. The Kier molecular flexibility index (Phi) is 5.16. The van der Waals surface area contributed by atoms with E-state index in [2.05, 4.69) is 36.6 Å². The fourth-order valence-corrected chi connectivity index (χ4v) is 2.49. The maximum absolute atomic E-state index is 5.82. The van der Waals surface area contributed by atoms with Crippen molar-refractivity contribution >= 4 is 0 Å². The maximum atomic E-state index is 5.82. The van der Waals surface area contributed by atoms with E-state index in [0.717, 1.165) is 17.7 Å². The number of ether oxygens (including phenoxy) is 1. The zero-order valence-electron chi connectivity index (χ0n) is 12.1. The molecule has 1 unspecified atom stereocenters. The summed E-state index contributed by atoms with van der Waals surface area (Å²) >= 11 is 0. The second kappa shape index (κ2) is 7.08. The zero-order chi connectivity index (χ0) is 14.4. The summed E-state index contributed by atoms with van der Waals surface area (Å²) in [6.45, 7) is 4.78. The molecule has 0 aliphatic carbocycles. The first kappa shape index (κ1) is 14.6. The van der Waals surface area contributed by atoms with Gasteiger partial charge in [-0.3, -0.25) is 5.84 Å². The lowest BCUT2D eigenvalue weighted by Crippen LogP contribution is -2.30. The minimum atomic E-state index is -0.0612. The molecule has 0 heterocycles. The monoisotopic (exact) mass is 270 g/mol. The highest BCUT2D eigenvalue weighted by atomic mass is 16.5. The first-order chi connectivity index (χ1) is 9.81. The molecule has 0 fully saturated rings. The van der Waals surface area contributed by atoms with Gasteiger partial charge in [0.05, 0.1) is 12.6 Å². The lowest BCUT2D eigenvalue weighted by atomic mass is 9.93. The molecule has 20 heavy (non-hydrogen) atoms. The van der Waals surface area contributed by atoms with Gasteiger partial charge in [-0.25, -0.2) is 5.43 Å². The van der Waals surface area contributed by atoms with Gasteiger partial charge in [0.15, 0.2) is 0 Å². The van der Waals surface area contributed by atoms with Crippen molar-refractivity contribution in [1.82, 2.24) is 5.43 Å². The van der Waals surface area contributed by atoms with Gasteiger partial charge in [0, 0.05) is 5.56 Å². The Morgan fingerprint density at radius 3 is 2.30 bits per heavy atom. The molecule has 0 spiro atoms. The Morgan fingerprint density at radius 2 is 1.65 bits per heavy atom. The second-order valence-electron chi connectivity index (χ2n) is 4.62. The highest BCUT2D eigenvalue weighted by molar-refractivity contribution is 5.44. The predicted molar refractivity (Wildman–Crippen MR) is 82.6 cm³/mol. The van der Waals surface area contributed by atoms with E-state index in [9.17, 15) is 0 Å². The van der Waals surface area contributed by atoms with Crippen LogP contribution in [0.15, 0.2) is 48.5 Å². The third-order valence-electron chi connectivity index (χ3n) is 3.44. The maximum Gasteiger partial charge on any atom is 0.124 e. The molecule has 0 amide bonds. The molecule has 1 atom stereocenters. The molecule has 0 saturated carbocycles. The Morgan fingerprint density at radius 1 is 1.00 bits per heavy atom. The van der Waals surface area contributed by atoms with Crippen molar-refractivity contribution in [2.75, 3.05) is 6.61 Å². The van der Waals surface area contributed by atoms with Crippen molar-refractivity contribution in [3.8, 4) is 5.75 Å². The lowest BCUT2D eigenvalue weighted by molar-refractivity contribution is 0.333. The topological polar surface area (TPSA) is 47.3 Å². The largest absolute Gasteiger partial charge is 0.494 e. The van der Waals surface area contributed by atoms with Crippen LogP contribution in [0.3, 0.4) is 0 Å². The Hall–Kier alpha value is -1.84. The van der Waals surface area contributed by atoms with E-state index in [1.54, 1.807) is 0 Å². The van der Waals surface area contributed by atoms with Gasteiger partial charge in [0.25, 0.3) is 0 Å². The van der Waals surface area contributed by atoms with Crippen LogP contribution < -0.4 is 16.0 Å². The van der Waals surface area contributed by atoms with E-state index in [4.69, 9.17) is 10.6 Å². The molecule has 2 aromatic rings. The molecule has 106 valence electrons. The van der Waals surface area contributed by atoms with Gasteiger partial charge in [-0.2, -0.15) is 0 Å². The fraction of sp³-hybridized carbons (Fsp3) is 0.294. The molecule has 3 N–H and O–H groups in total. The van der Waals surface area contributed by atoms with E-state index in [1.807, 2.05) is 31.2 Å². The van der Waals surface area contributed by atoms with Crippen molar-refractivity contribution in [3.05, 3.63) is 65.2 Å². The Bertz CT molecular complexity index is 554. The average molecular weight is 270 g/mol. The summed E-state index contributed by atoms with van der Waals surface area (Å²) in [5, 5.41) is 0. The number of benzene rings is 2. The molecular formula is C17H22N2O. The van der Waals surface area contributed by atoms with Gasteiger partial charge < -0.3 is 4.74 Å². The van der Waals surface area contributed by atoms with Crippen molar-refractivity contribution < 1.29 is 4.74 Å². The molecule has 0 bridgehead atoms. The molecule has 3 heteroatoms. The smallest absolute Gasteiger partial charge is 0.124 e. The third-order valence-corrected chi connectivity index (χ3v) is 3.44. The van der Waals surface area contributed by atoms with E-state index >= 15 is 0 Å². The minimum absolute atomic E-state index is 0.0612. The van der Waals surface area contributed by atoms with Crippen LogP contribution >= 0.6 is 0 Å². The summed E-state index contributed by atoms with van der Waals surface area (Å²) < 4.78 is 5.72. The number of rotatable bonds is 6. The number of nitrogens with one attached hydrogen (secondary N) is 1. The Labute approximate surface area is 120 Å². The minimum Gasteiger partial charge on any atom is -0.494 e. The van der Waals surface area contributed by atoms with Gasteiger partial charge in [-0.15, -0.1) is 0 Å². The number of nitrogens with two attached hydrogens (primary N) is 1. The lowest BCUT2D eigenvalue weighted by Gasteiger charge is -2.22. The van der Waals surface area contributed by atoms with Crippen LogP contribution in [-0.4, -0.2) is 6.61 Å². The first-order valence-corrected chi connectivity index (χ1v) is 7.07. The standard InChI is InChI=1S/C17H22N2O/c1-3-13-9-5-6-10-14(13)17(19-18)15-11-7-8-12-16(15)20-4-2/h5-12,17,19H,3-4,18H2,1-2H3. The summed E-state index contributed by atoms with van der Waals surface area (Å²) in [5.74, 6) is 6.70. The van der Waals surface area contributed by atoms with Crippen LogP contribution in [0.25, 0.3) is 0 Å². The summed E-state index contributed by atoms with van der Waals surface area (Å²) in [6.07, 6.45) is 0.977. The van der Waals surface area contributed by atoms with Gasteiger partial charge in [-0.1, -0.05) is 49.4 Å². The van der Waals surface area contributed by atoms with Gasteiger partial charge in [0.2, 0.25) is 0 Å². The number of hydrogen-bond acceptors (Lipinski definition) is 3. The fourth-order valence-electron chi connectivity index (χ4n) is 2.49. The van der Waals surface area contributed by atoms with E-state index < -0.39 is 0 Å². The number of hydrazine groups is 1.